The molecular weight excluding hydrogens is 258 g/mol. The van der Waals surface area contributed by atoms with Crippen molar-refractivity contribution in [2.24, 2.45) is 11.3 Å². The summed E-state index contributed by atoms with van der Waals surface area (Å²) in [6, 6.07) is -0.517. The normalized spacial score (nSPS) is 28.6. The van der Waals surface area contributed by atoms with Crippen molar-refractivity contribution in [2.75, 3.05) is 7.11 Å². The first-order valence-electron chi connectivity index (χ1n) is 7.19. The van der Waals surface area contributed by atoms with Crippen LogP contribution in [0.3, 0.4) is 0 Å². The number of hydrogen-bond donors (Lipinski definition) is 1. The molecule has 0 radical (unpaired) electrons. The lowest BCUT2D eigenvalue weighted by Crippen LogP contribution is -2.52. The van der Waals surface area contributed by atoms with Gasteiger partial charge < -0.3 is 14.8 Å². The molecule has 4 atom stereocenters. The first kappa shape index (κ1) is 17.0. The van der Waals surface area contributed by atoms with Crippen molar-refractivity contribution < 1.29 is 19.1 Å². The van der Waals surface area contributed by atoms with Gasteiger partial charge in [-0.3, -0.25) is 4.79 Å². The summed E-state index contributed by atoms with van der Waals surface area (Å²) in [6.07, 6.45) is 1.16. The van der Waals surface area contributed by atoms with Crippen LogP contribution in [-0.4, -0.2) is 37.2 Å². The topological polar surface area (TPSA) is 64.6 Å². The van der Waals surface area contributed by atoms with E-state index in [1.165, 1.54) is 7.11 Å². The van der Waals surface area contributed by atoms with Crippen LogP contribution in [-0.2, 0) is 14.3 Å². The molecular formula is C15H27NO4. The number of ether oxygens (including phenoxy) is 2. The van der Waals surface area contributed by atoms with Crippen LogP contribution in [0.1, 0.15) is 47.5 Å². The predicted molar refractivity (Wildman–Crippen MR) is 76.5 cm³/mol. The number of alkyl carbamates (subject to hydrolysis) is 1. The van der Waals surface area contributed by atoms with Gasteiger partial charge in [-0.25, -0.2) is 4.79 Å². The van der Waals surface area contributed by atoms with Crippen molar-refractivity contribution in [3.8, 4) is 0 Å². The Morgan fingerprint density at radius 1 is 1.20 bits per heavy atom. The summed E-state index contributed by atoms with van der Waals surface area (Å²) in [5.41, 5.74) is -0.504. The lowest BCUT2D eigenvalue weighted by molar-refractivity contribution is -0.132. The van der Waals surface area contributed by atoms with Crippen molar-refractivity contribution in [3.63, 3.8) is 0 Å². The number of carbonyl (C=O) groups excluding carboxylic acids is 2. The summed E-state index contributed by atoms with van der Waals surface area (Å²) in [4.78, 5) is 24.2. The second-order valence-electron chi connectivity index (χ2n) is 6.72. The van der Waals surface area contributed by atoms with Crippen LogP contribution in [0, 0.1) is 11.3 Å². The highest BCUT2D eigenvalue weighted by molar-refractivity contribution is 5.91. The van der Waals surface area contributed by atoms with E-state index in [9.17, 15) is 9.59 Å². The maximum Gasteiger partial charge on any atom is 0.407 e. The minimum Gasteiger partial charge on any atom is -0.453 e. The molecule has 0 aromatic heterocycles. The largest absolute Gasteiger partial charge is 0.453 e. The Bertz CT molecular complexity index is 351. The fourth-order valence-electron chi connectivity index (χ4n) is 2.78. The average Bonchev–Trinajstić information content (AvgIpc) is 2.32. The Morgan fingerprint density at radius 2 is 1.70 bits per heavy atom. The molecule has 5 nitrogen and oxygen atoms in total. The van der Waals surface area contributed by atoms with E-state index in [0.717, 1.165) is 12.8 Å². The Labute approximate surface area is 121 Å². The van der Waals surface area contributed by atoms with Crippen LogP contribution in [0.4, 0.5) is 4.79 Å². The highest BCUT2D eigenvalue weighted by Crippen LogP contribution is 2.31. The van der Waals surface area contributed by atoms with E-state index >= 15 is 0 Å². The molecule has 116 valence electrons. The molecule has 1 amide bonds. The van der Waals surface area contributed by atoms with E-state index in [4.69, 9.17) is 4.74 Å². The smallest absolute Gasteiger partial charge is 0.407 e. The predicted octanol–water partition coefficient (Wildman–Crippen LogP) is 2.53. The molecule has 0 bridgehead atoms. The van der Waals surface area contributed by atoms with Crippen LogP contribution in [0.5, 0.6) is 0 Å². The van der Waals surface area contributed by atoms with Gasteiger partial charge in [0.15, 0.2) is 5.78 Å². The number of Topliss-reactive ketones (excluding diaryl/α,β-unsaturated/α-hetero) is 1. The molecule has 0 aliphatic carbocycles. The van der Waals surface area contributed by atoms with E-state index in [2.05, 4.69) is 10.1 Å². The van der Waals surface area contributed by atoms with Crippen LogP contribution in [0.2, 0.25) is 0 Å². The van der Waals surface area contributed by atoms with Gasteiger partial charge in [-0.2, -0.15) is 0 Å². The molecule has 0 saturated carbocycles. The lowest BCUT2D eigenvalue weighted by atomic mass is 9.77. The average molecular weight is 285 g/mol. The van der Waals surface area contributed by atoms with Gasteiger partial charge in [0.2, 0.25) is 0 Å². The van der Waals surface area contributed by atoms with Crippen LogP contribution in [0.25, 0.3) is 0 Å². The summed E-state index contributed by atoms with van der Waals surface area (Å²) in [7, 11) is 1.31. The number of methoxy groups -OCH3 is 1. The molecule has 1 heterocycles. The molecule has 1 N–H and O–H groups in total. The van der Waals surface area contributed by atoms with Crippen LogP contribution < -0.4 is 5.32 Å². The van der Waals surface area contributed by atoms with Crippen LogP contribution >= 0.6 is 0 Å². The van der Waals surface area contributed by atoms with Crippen LogP contribution in [0.15, 0.2) is 0 Å². The summed E-state index contributed by atoms with van der Waals surface area (Å²) in [5, 5.41) is 2.72. The lowest BCUT2D eigenvalue weighted by Gasteiger charge is -2.38. The van der Waals surface area contributed by atoms with Crippen molar-refractivity contribution in [1.29, 1.82) is 0 Å². The minimum atomic E-state index is -0.556. The third-order valence-electron chi connectivity index (χ3n) is 3.69. The third kappa shape index (κ3) is 4.47. The third-order valence-corrected chi connectivity index (χ3v) is 3.69. The molecule has 1 saturated heterocycles. The van der Waals surface area contributed by atoms with Gasteiger partial charge in [0, 0.05) is 5.41 Å². The van der Waals surface area contributed by atoms with Crippen molar-refractivity contribution in [1.82, 2.24) is 5.32 Å². The molecule has 1 aliphatic rings. The molecule has 1 aliphatic heterocycles. The molecule has 0 aromatic carbocycles. The van der Waals surface area contributed by atoms with E-state index in [-0.39, 0.29) is 23.9 Å². The van der Waals surface area contributed by atoms with Crippen molar-refractivity contribution >= 4 is 11.9 Å². The summed E-state index contributed by atoms with van der Waals surface area (Å²) in [5.74, 6) is 0.119. The quantitative estimate of drug-likeness (QED) is 0.865. The van der Waals surface area contributed by atoms with Crippen molar-refractivity contribution in [2.45, 2.75) is 65.7 Å². The maximum atomic E-state index is 12.6. The SMILES string of the molecule is COC(=O)NC(C(=O)C(C)(C)C)C1C[C@@H](C)O[C@@H](C)C1. The monoisotopic (exact) mass is 285 g/mol. The minimum absolute atomic E-state index is 0.0363. The van der Waals surface area contributed by atoms with Crippen molar-refractivity contribution in [3.05, 3.63) is 0 Å². The fourth-order valence-corrected chi connectivity index (χ4v) is 2.78. The second kappa shape index (κ2) is 6.57. The first-order valence-corrected chi connectivity index (χ1v) is 7.19. The van der Waals surface area contributed by atoms with Gasteiger partial charge in [0.25, 0.3) is 0 Å². The summed E-state index contributed by atoms with van der Waals surface area (Å²) in [6.45, 7) is 9.60. The van der Waals surface area contributed by atoms with E-state index in [1.807, 2.05) is 34.6 Å². The summed E-state index contributed by atoms with van der Waals surface area (Å²) < 4.78 is 10.4. The Morgan fingerprint density at radius 3 is 2.10 bits per heavy atom. The Kier molecular flexibility index (Phi) is 5.57. The van der Waals surface area contributed by atoms with E-state index in [0.29, 0.717) is 0 Å². The fraction of sp³-hybridized carbons (Fsp3) is 0.867. The number of rotatable bonds is 3. The highest BCUT2D eigenvalue weighted by atomic mass is 16.5. The number of amides is 1. The zero-order valence-corrected chi connectivity index (χ0v) is 13.4. The van der Waals surface area contributed by atoms with Gasteiger partial charge in [-0.05, 0) is 32.6 Å². The standard InChI is InChI=1S/C15H27NO4/c1-9-7-11(8-10(2)20-9)12(16-14(18)19-6)13(17)15(3,4)5/h9-12H,7-8H2,1-6H3,(H,16,18)/t9-,10+,11?,12?. The van der Waals surface area contributed by atoms with E-state index in [1.54, 1.807) is 0 Å². The molecule has 1 fully saturated rings. The van der Waals surface area contributed by atoms with E-state index < -0.39 is 17.6 Å². The zero-order valence-electron chi connectivity index (χ0n) is 13.4. The second-order valence-corrected chi connectivity index (χ2v) is 6.72. The van der Waals surface area contributed by atoms with Gasteiger partial charge in [0.05, 0.1) is 25.4 Å². The highest BCUT2D eigenvalue weighted by Gasteiger charge is 2.39. The van der Waals surface area contributed by atoms with Gasteiger partial charge in [0.1, 0.15) is 0 Å². The van der Waals surface area contributed by atoms with Gasteiger partial charge in [-0.15, -0.1) is 0 Å². The molecule has 5 heteroatoms. The molecule has 1 rings (SSSR count). The molecule has 2 unspecified atom stereocenters. The maximum absolute atomic E-state index is 12.6. The number of nitrogens with one attached hydrogen (secondary N) is 1. The zero-order chi connectivity index (χ0) is 15.5. The van der Waals surface area contributed by atoms with Gasteiger partial charge in [-0.1, -0.05) is 20.8 Å². The Balaban J connectivity index is 2.91. The number of carbonyl (C=O) groups is 2. The number of ketones is 1. The summed E-state index contributed by atoms with van der Waals surface area (Å²) >= 11 is 0. The first-order chi connectivity index (χ1) is 9.15. The molecule has 0 aromatic rings. The molecule has 0 spiro atoms. The Hall–Kier alpha value is -1.10. The number of hydrogen-bond acceptors (Lipinski definition) is 4. The van der Waals surface area contributed by atoms with Gasteiger partial charge >= 0.3 is 6.09 Å². The molecule has 20 heavy (non-hydrogen) atoms.